The third kappa shape index (κ3) is 6.97. The average molecular weight is 569 g/mol. The molecule has 2 aliphatic heterocycles. The molecule has 3 amide bonds. The highest BCUT2D eigenvalue weighted by Gasteiger charge is 2.43. The number of carboxylic acids is 1. The number of benzene rings is 1. The van der Waals surface area contributed by atoms with Gasteiger partial charge in [-0.3, -0.25) is 29.4 Å². The van der Waals surface area contributed by atoms with Gasteiger partial charge in [0.2, 0.25) is 17.7 Å². The SMILES string of the molecule is CC(=O)N1CCN(C2CCC3NCN(CC(=O)N(CCC(=O)O)Cc4ccc(Cl)c(Cl)c4)C(=O)C3C2)CC1. The minimum atomic E-state index is -1.01. The van der Waals surface area contributed by atoms with Crippen molar-refractivity contribution < 1.29 is 24.3 Å². The Morgan fingerprint density at radius 2 is 1.84 bits per heavy atom. The number of nitrogens with one attached hydrogen (secondary N) is 1. The van der Waals surface area contributed by atoms with Crippen molar-refractivity contribution in [2.75, 3.05) is 45.9 Å². The molecule has 12 heteroatoms. The van der Waals surface area contributed by atoms with Crippen LogP contribution in [0.1, 0.15) is 38.2 Å². The van der Waals surface area contributed by atoms with Crippen LogP contribution in [-0.4, -0.2) is 106 Å². The summed E-state index contributed by atoms with van der Waals surface area (Å²) in [5.41, 5.74) is 0.723. The molecule has 1 aromatic rings. The summed E-state index contributed by atoms with van der Waals surface area (Å²) in [6.45, 7) is 4.96. The van der Waals surface area contributed by atoms with Crippen LogP contribution in [-0.2, 0) is 25.7 Å². The summed E-state index contributed by atoms with van der Waals surface area (Å²) < 4.78 is 0. The zero-order chi connectivity index (χ0) is 27.4. The first kappa shape index (κ1) is 28.6. The maximum atomic E-state index is 13.5. The first-order valence-corrected chi connectivity index (χ1v) is 13.8. The molecule has 2 saturated heterocycles. The first-order chi connectivity index (χ1) is 18.1. The number of piperazine rings is 1. The Morgan fingerprint density at radius 1 is 1.11 bits per heavy atom. The number of hydrogen-bond acceptors (Lipinski definition) is 6. The molecule has 2 heterocycles. The Morgan fingerprint density at radius 3 is 2.50 bits per heavy atom. The van der Waals surface area contributed by atoms with Crippen LogP contribution in [0, 0.1) is 5.92 Å². The minimum Gasteiger partial charge on any atom is -0.481 e. The van der Waals surface area contributed by atoms with E-state index < -0.39 is 5.97 Å². The number of nitrogens with zero attached hydrogens (tertiary/aromatic N) is 4. The number of hydrogen-bond donors (Lipinski definition) is 2. The highest BCUT2D eigenvalue weighted by molar-refractivity contribution is 6.42. The lowest BCUT2D eigenvalue weighted by molar-refractivity contribution is -0.149. The lowest BCUT2D eigenvalue weighted by Crippen LogP contribution is -2.62. The van der Waals surface area contributed by atoms with Gasteiger partial charge in [-0.05, 0) is 37.0 Å². The summed E-state index contributed by atoms with van der Waals surface area (Å²) in [5, 5.41) is 13.4. The molecule has 4 rings (SSSR count). The van der Waals surface area contributed by atoms with Crippen LogP contribution in [0.3, 0.4) is 0 Å². The first-order valence-electron chi connectivity index (χ1n) is 13.1. The zero-order valence-corrected chi connectivity index (χ0v) is 23.1. The topological polar surface area (TPSA) is 114 Å². The molecule has 38 heavy (non-hydrogen) atoms. The quantitative estimate of drug-likeness (QED) is 0.493. The highest BCUT2D eigenvalue weighted by Crippen LogP contribution is 2.32. The van der Waals surface area contributed by atoms with E-state index in [-0.39, 0.29) is 68.4 Å². The van der Waals surface area contributed by atoms with Crippen molar-refractivity contribution in [3.63, 3.8) is 0 Å². The number of fused-ring (bicyclic) bond motifs is 1. The number of aliphatic carboxylic acids is 1. The van der Waals surface area contributed by atoms with E-state index in [9.17, 15) is 24.3 Å². The second kappa shape index (κ2) is 12.6. The van der Waals surface area contributed by atoms with Crippen molar-refractivity contribution in [2.24, 2.45) is 5.92 Å². The normalized spacial score (nSPS) is 24.2. The van der Waals surface area contributed by atoms with E-state index in [0.717, 1.165) is 31.5 Å². The Kier molecular flexibility index (Phi) is 9.51. The number of halogens is 2. The van der Waals surface area contributed by atoms with Crippen molar-refractivity contribution >= 4 is 46.9 Å². The molecule has 0 aromatic heterocycles. The van der Waals surface area contributed by atoms with Crippen molar-refractivity contribution in [3.8, 4) is 0 Å². The van der Waals surface area contributed by atoms with Crippen molar-refractivity contribution in [1.29, 1.82) is 0 Å². The zero-order valence-electron chi connectivity index (χ0n) is 21.6. The molecule has 3 fully saturated rings. The fourth-order valence-corrected chi connectivity index (χ4v) is 6.04. The summed E-state index contributed by atoms with van der Waals surface area (Å²) in [5.74, 6) is -1.49. The summed E-state index contributed by atoms with van der Waals surface area (Å²) in [4.78, 5) is 56.9. The fourth-order valence-electron chi connectivity index (χ4n) is 5.72. The number of carbonyl (C=O) groups excluding carboxylic acids is 3. The minimum absolute atomic E-state index is 0.0181. The Labute approximate surface area is 232 Å². The van der Waals surface area contributed by atoms with Gasteiger partial charge in [0.1, 0.15) is 6.54 Å². The van der Waals surface area contributed by atoms with Gasteiger partial charge in [0.15, 0.2) is 0 Å². The second-order valence-electron chi connectivity index (χ2n) is 10.3. The van der Waals surface area contributed by atoms with Crippen LogP contribution in [0.15, 0.2) is 18.2 Å². The number of carbonyl (C=O) groups is 4. The standard InChI is InChI=1S/C26H35Cl2N5O5/c1-17(34)30-8-10-31(11-9-30)19-3-5-23-20(13-19)26(38)33(16-29-23)15-24(35)32(7-6-25(36)37)14-18-2-4-21(27)22(28)12-18/h2,4,12,19-20,23,29H,3,5-11,13-16H2,1H3,(H,36,37). The van der Waals surface area contributed by atoms with Crippen LogP contribution < -0.4 is 5.32 Å². The molecular weight excluding hydrogens is 533 g/mol. The second-order valence-corrected chi connectivity index (χ2v) is 11.1. The molecule has 0 spiro atoms. The van der Waals surface area contributed by atoms with E-state index in [4.69, 9.17) is 23.2 Å². The lowest BCUT2D eigenvalue weighted by atomic mass is 9.79. The number of amides is 3. The van der Waals surface area contributed by atoms with Gasteiger partial charge in [0, 0.05) is 58.3 Å². The Bertz CT molecular complexity index is 1060. The van der Waals surface area contributed by atoms with Crippen molar-refractivity contribution in [1.82, 2.24) is 24.9 Å². The number of rotatable bonds is 8. The van der Waals surface area contributed by atoms with Crippen molar-refractivity contribution in [3.05, 3.63) is 33.8 Å². The monoisotopic (exact) mass is 567 g/mol. The smallest absolute Gasteiger partial charge is 0.305 e. The summed E-state index contributed by atoms with van der Waals surface area (Å²) >= 11 is 12.1. The molecule has 1 saturated carbocycles. The predicted octanol–water partition coefficient (Wildman–Crippen LogP) is 1.89. The van der Waals surface area contributed by atoms with Gasteiger partial charge in [0.25, 0.3) is 0 Å². The van der Waals surface area contributed by atoms with Crippen LogP contribution in [0.25, 0.3) is 0 Å². The van der Waals surface area contributed by atoms with Gasteiger partial charge in [-0.1, -0.05) is 29.3 Å². The van der Waals surface area contributed by atoms with E-state index in [2.05, 4.69) is 10.2 Å². The molecular formula is C26H35Cl2N5O5. The Balaban J connectivity index is 1.38. The van der Waals surface area contributed by atoms with Gasteiger partial charge in [-0.25, -0.2) is 0 Å². The van der Waals surface area contributed by atoms with Gasteiger partial charge in [0.05, 0.1) is 29.1 Å². The molecule has 0 radical (unpaired) electrons. The molecule has 208 valence electrons. The summed E-state index contributed by atoms with van der Waals surface area (Å²) in [6.07, 6.45) is 2.39. The summed E-state index contributed by atoms with van der Waals surface area (Å²) in [7, 11) is 0. The fraction of sp³-hybridized carbons (Fsp3) is 0.615. The van der Waals surface area contributed by atoms with E-state index in [1.807, 2.05) is 4.90 Å². The largest absolute Gasteiger partial charge is 0.481 e. The van der Waals surface area contributed by atoms with E-state index in [1.165, 1.54) is 4.90 Å². The molecule has 2 N–H and O–H groups in total. The van der Waals surface area contributed by atoms with E-state index in [1.54, 1.807) is 30.0 Å². The maximum absolute atomic E-state index is 13.5. The van der Waals surface area contributed by atoms with Gasteiger partial charge < -0.3 is 19.8 Å². The van der Waals surface area contributed by atoms with Crippen LogP contribution >= 0.6 is 23.2 Å². The van der Waals surface area contributed by atoms with E-state index >= 15 is 0 Å². The molecule has 3 aliphatic rings. The van der Waals surface area contributed by atoms with Crippen molar-refractivity contribution in [2.45, 2.75) is 51.2 Å². The molecule has 3 unspecified atom stereocenters. The number of carboxylic acid groups (broad SMARTS) is 1. The van der Waals surface area contributed by atoms with Gasteiger partial charge in [-0.15, -0.1) is 0 Å². The third-order valence-electron chi connectivity index (χ3n) is 7.90. The average Bonchev–Trinajstić information content (AvgIpc) is 2.90. The van der Waals surface area contributed by atoms with Crippen LogP contribution in [0.2, 0.25) is 10.0 Å². The molecule has 0 bridgehead atoms. The van der Waals surface area contributed by atoms with E-state index in [0.29, 0.717) is 29.6 Å². The molecule has 10 nitrogen and oxygen atoms in total. The third-order valence-corrected chi connectivity index (χ3v) is 8.64. The predicted molar refractivity (Wildman–Crippen MR) is 143 cm³/mol. The molecule has 1 aliphatic carbocycles. The Hall–Kier alpha value is -2.40. The van der Waals surface area contributed by atoms with Crippen LogP contribution in [0.5, 0.6) is 0 Å². The van der Waals surface area contributed by atoms with Crippen LogP contribution in [0.4, 0.5) is 0 Å². The van der Waals surface area contributed by atoms with Gasteiger partial charge >= 0.3 is 5.97 Å². The highest BCUT2D eigenvalue weighted by atomic mass is 35.5. The molecule has 1 aromatic carbocycles. The van der Waals surface area contributed by atoms with Gasteiger partial charge in [-0.2, -0.15) is 0 Å². The summed E-state index contributed by atoms with van der Waals surface area (Å²) in [6, 6.07) is 5.39. The molecule has 3 atom stereocenters. The lowest BCUT2D eigenvalue weighted by Gasteiger charge is -2.47. The maximum Gasteiger partial charge on any atom is 0.305 e.